The summed E-state index contributed by atoms with van der Waals surface area (Å²) in [5.41, 5.74) is 2.41. The van der Waals surface area contributed by atoms with Gasteiger partial charge in [-0.2, -0.15) is 4.40 Å². The molecule has 4 heteroatoms. The minimum atomic E-state index is 0.155. The van der Waals surface area contributed by atoms with Gasteiger partial charge in [0.25, 0.3) is 0 Å². The molecule has 0 N–H and O–H groups in total. The lowest BCUT2D eigenvalue weighted by Gasteiger charge is -2.19. The van der Waals surface area contributed by atoms with Gasteiger partial charge in [0, 0.05) is 5.56 Å². The number of benzene rings is 1. The van der Waals surface area contributed by atoms with Crippen LogP contribution in [0.3, 0.4) is 0 Å². The lowest BCUT2D eigenvalue weighted by atomic mass is 9.87. The van der Waals surface area contributed by atoms with E-state index in [1.807, 2.05) is 12.1 Å². The van der Waals surface area contributed by atoms with E-state index in [9.17, 15) is 0 Å². The van der Waals surface area contributed by atoms with Crippen LogP contribution in [0.2, 0.25) is 0 Å². The molecule has 0 bridgehead atoms. The molecule has 0 aliphatic rings. The van der Waals surface area contributed by atoms with Crippen LogP contribution >= 0.6 is 23.5 Å². The molecule has 0 atom stereocenters. The minimum Gasteiger partial charge on any atom is -0.244 e. The second kappa shape index (κ2) is 6.22. The maximum absolute atomic E-state index is 5.57. The summed E-state index contributed by atoms with van der Waals surface area (Å²) in [4.78, 5) is 3.91. The highest BCUT2D eigenvalue weighted by Crippen LogP contribution is 2.22. The zero-order valence-electron chi connectivity index (χ0n) is 10.4. The van der Waals surface area contributed by atoms with Crippen LogP contribution in [-0.4, -0.2) is 17.8 Å². The van der Waals surface area contributed by atoms with Gasteiger partial charge in [-0.25, -0.2) is 4.99 Å². The van der Waals surface area contributed by atoms with Gasteiger partial charge in [-0.3, -0.25) is 0 Å². The predicted molar refractivity (Wildman–Crippen MR) is 79.5 cm³/mol. The van der Waals surface area contributed by atoms with Crippen molar-refractivity contribution in [2.75, 3.05) is 5.21 Å². The standard InChI is InChI=1S/C13H17ClN2S/c1-13(2,3)11-7-5-10(6-8-11)12(15-4)16-17-9-14/h5-8H,4,9H2,1-3H3/b16-12-. The summed E-state index contributed by atoms with van der Waals surface area (Å²) in [6.07, 6.45) is 0. The molecule has 92 valence electrons. The summed E-state index contributed by atoms with van der Waals surface area (Å²) in [5, 5.41) is 0.416. The first kappa shape index (κ1) is 14.3. The molecule has 1 rings (SSSR count). The molecule has 1 aromatic carbocycles. The van der Waals surface area contributed by atoms with Crippen molar-refractivity contribution in [2.24, 2.45) is 9.39 Å². The first-order chi connectivity index (χ1) is 7.99. The molecular weight excluding hydrogens is 252 g/mol. The molecule has 0 radical (unpaired) electrons. The molecular formula is C13H17ClN2S. The molecule has 0 aliphatic carbocycles. The van der Waals surface area contributed by atoms with Gasteiger partial charge in [0.2, 0.25) is 0 Å². The maximum Gasteiger partial charge on any atom is 0.166 e. The summed E-state index contributed by atoms with van der Waals surface area (Å²) in [6, 6.07) is 8.23. The topological polar surface area (TPSA) is 24.7 Å². The third-order valence-corrected chi connectivity index (χ3v) is 3.05. The number of aliphatic imine (C=N–C) groups is 1. The van der Waals surface area contributed by atoms with Gasteiger partial charge in [-0.15, -0.1) is 11.6 Å². The predicted octanol–water partition coefficient (Wildman–Crippen LogP) is 4.28. The zero-order valence-corrected chi connectivity index (χ0v) is 12.0. The Kier molecular flexibility index (Phi) is 5.22. The summed E-state index contributed by atoms with van der Waals surface area (Å²) in [6.45, 7) is 10.1. The van der Waals surface area contributed by atoms with Crippen LogP contribution in [0.1, 0.15) is 31.9 Å². The smallest absolute Gasteiger partial charge is 0.166 e. The van der Waals surface area contributed by atoms with E-state index >= 15 is 0 Å². The van der Waals surface area contributed by atoms with Crippen molar-refractivity contribution in [3.8, 4) is 0 Å². The highest BCUT2D eigenvalue weighted by molar-refractivity contribution is 7.99. The van der Waals surface area contributed by atoms with Gasteiger partial charge in [0.1, 0.15) is 0 Å². The first-order valence-electron chi connectivity index (χ1n) is 5.32. The SMILES string of the molecule is C=N/C(=N\SCCl)c1ccc(C(C)(C)C)cc1. The van der Waals surface area contributed by atoms with Gasteiger partial charge in [0.15, 0.2) is 5.84 Å². The van der Waals surface area contributed by atoms with Gasteiger partial charge < -0.3 is 0 Å². The third kappa shape index (κ3) is 4.17. The van der Waals surface area contributed by atoms with Crippen LogP contribution in [0.5, 0.6) is 0 Å². The molecule has 0 saturated carbocycles. The Morgan fingerprint density at radius 2 is 1.88 bits per heavy atom. The molecule has 0 aromatic heterocycles. The van der Waals surface area contributed by atoms with Crippen LogP contribution in [0.25, 0.3) is 0 Å². The number of hydrogen-bond acceptors (Lipinski definition) is 2. The van der Waals surface area contributed by atoms with Crippen molar-refractivity contribution in [3.05, 3.63) is 35.4 Å². The average molecular weight is 269 g/mol. The maximum atomic E-state index is 5.57. The van der Waals surface area contributed by atoms with E-state index in [2.05, 4.69) is 49.0 Å². The van der Waals surface area contributed by atoms with E-state index in [0.717, 1.165) is 5.56 Å². The molecule has 2 nitrogen and oxygen atoms in total. The summed E-state index contributed by atoms with van der Waals surface area (Å²) < 4.78 is 4.19. The van der Waals surface area contributed by atoms with Crippen LogP contribution in [0.15, 0.2) is 33.7 Å². The van der Waals surface area contributed by atoms with Crippen LogP contribution in [-0.2, 0) is 5.41 Å². The number of halogens is 1. The van der Waals surface area contributed by atoms with Crippen molar-refractivity contribution in [1.29, 1.82) is 0 Å². The number of amidine groups is 1. The fraction of sp³-hybridized carbons (Fsp3) is 0.385. The lowest BCUT2D eigenvalue weighted by molar-refractivity contribution is 0.590. The lowest BCUT2D eigenvalue weighted by Crippen LogP contribution is -2.11. The highest BCUT2D eigenvalue weighted by Gasteiger charge is 2.13. The Balaban J connectivity index is 2.97. The Labute approximate surface area is 112 Å². The van der Waals surface area contributed by atoms with Crippen LogP contribution in [0, 0.1) is 0 Å². The first-order valence-corrected chi connectivity index (χ1v) is 6.80. The number of hydrogen-bond donors (Lipinski definition) is 0. The Bertz CT molecular complexity index is 404. The van der Waals surface area contributed by atoms with E-state index in [4.69, 9.17) is 11.6 Å². The highest BCUT2D eigenvalue weighted by atomic mass is 35.5. The van der Waals surface area contributed by atoms with E-state index in [0.29, 0.717) is 11.0 Å². The normalized spacial score (nSPS) is 12.6. The molecule has 0 fully saturated rings. The fourth-order valence-electron chi connectivity index (χ4n) is 1.38. The van der Waals surface area contributed by atoms with Crippen molar-refractivity contribution < 1.29 is 0 Å². The van der Waals surface area contributed by atoms with E-state index in [-0.39, 0.29) is 5.41 Å². The Morgan fingerprint density at radius 1 is 1.29 bits per heavy atom. The zero-order chi connectivity index (χ0) is 12.9. The molecule has 0 saturated heterocycles. The van der Waals surface area contributed by atoms with E-state index in [1.165, 1.54) is 17.5 Å². The Hall–Kier alpha value is -0.800. The third-order valence-electron chi connectivity index (χ3n) is 2.36. The van der Waals surface area contributed by atoms with Gasteiger partial charge in [-0.1, -0.05) is 45.0 Å². The molecule has 0 spiro atoms. The van der Waals surface area contributed by atoms with Crippen LogP contribution in [0.4, 0.5) is 0 Å². The van der Waals surface area contributed by atoms with Gasteiger partial charge in [-0.05, 0) is 29.6 Å². The molecule has 1 aromatic rings. The monoisotopic (exact) mass is 268 g/mol. The quantitative estimate of drug-likeness (QED) is 0.348. The van der Waals surface area contributed by atoms with Crippen LogP contribution < -0.4 is 0 Å². The van der Waals surface area contributed by atoms with Crippen molar-refractivity contribution >= 4 is 36.1 Å². The second-order valence-corrected chi connectivity index (χ2v) is 5.95. The van der Waals surface area contributed by atoms with Crippen molar-refractivity contribution in [2.45, 2.75) is 26.2 Å². The summed E-state index contributed by atoms with van der Waals surface area (Å²) in [7, 11) is 0. The molecule has 0 heterocycles. The van der Waals surface area contributed by atoms with E-state index < -0.39 is 0 Å². The molecule has 0 amide bonds. The summed E-state index contributed by atoms with van der Waals surface area (Å²) >= 11 is 6.83. The molecule has 0 aliphatic heterocycles. The largest absolute Gasteiger partial charge is 0.244 e. The fourth-order valence-corrected chi connectivity index (χ4v) is 1.86. The Morgan fingerprint density at radius 3 is 2.29 bits per heavy atom. The number of rotatable bonds is 3. The average Bonchev–Trinajstić information content (AvgIpc) is 2.29. The van der Waals surface area contributed by atoms with Gasteiger partial charge >= 0.3 is 0 Å². The van der Waals surface area contributed by atoms with Gasteiger partial charge in [0.05, 0.1) is 5.21 Å². The second-order valence-electron chi connectivity index (χ2n) is 4.64. The van der Waals surface area contributed by atoms with E-state index in [1.54, 1.807) is 0 Å². The molecule has 0 unspecified atom stereocenters. The number of nitrogens with zero attached hydrogens (tertiary/aromatic N) is 2. The van der Waals surface area contributed by atoms with Crippen molar-refractivity contribution in [1.82, 2.24) is 0 Å². The minimum absolute atomic E-state index is 0.155. The summed E-state index contributed by atoms with van der Waals surface area (Å²) in [5.74, 6) is 0.621. The molecule has 17 heavy (non-hydrogen) atoms. The van der Waals surface area contributed by atoms with Crippen molar-refractivity contribution in [3.63, 3.8) is 0 Å². The number of alkyl halides is 1.